The summed E-state index contributed by atoms with van der Waals surface area (Å²) in [5.41, 5.74) is 5.14. The highest BCUT2D eigenvalue weighted by Gasteiger charge is 2.40. The SMILES string of the molecule is CC.CC.Cc1cc2c(cc1SN)N(C(=O)C1CN(c3ccc(-c4cc(F)ccc4F)cc3)C1)C(C)C2. The van der Waals surface area contributed by atoms with Crippen LogP contribution in [0.4, 0.5) is 20.2 Å². The number of nitrogens with zero attached hydrogens (tertiary/aromatic N) is 2. The van der Waals surface area contributed by atoms with Gasteiger partial charge in [-0.15, -0.1) is 0 Å². The smallest absolute Gasteiger partial charge is 0.233 e. The first-order chi connectivity index (χ1) is 17.9. The van der Waals surface area contributed by atoms with Crippen LogP contribution in [0, 0.1) is 24.5 Å². The van der Waals surface area contributed by atoms with Crippen LogP contribution in [-0.2, 0) is 11.2 Å². The molecule has 0 aliphatic carbocycles. The predicted molar refractivity (Wildman–Crippen MR) is 152 cm³/mol. The van der Waals surface area contributed by atoms with Crippen molar-refractivity contribution in [3.8, 4) is 11.1 Å². The van der Waals surface area contributed by atoms with Gasteiger partial charge in [-0.1, -0.05) is 45.9 Å². The van der Waals surface area contributed by atoms with E-state index in [9.17, 15) is 13.6 Å². The third kappa shape index (κ3) is 5.83. The lowest BCUT2D eigenvalue weighted by molar-refractivity contribution is -0.123. The van der Waals surface area contributed by atoms with E-state index in [1.54, 1.807) is 12.1 Å². The second kappa shape index (κ2) is 12.6. The second-order valence-corrected chi connectivity index (χ2v) is 9.57. The third-order valence-electron chi connectivity index (χ3n) is 6.66. The van der Waals surface area contributed by atoms with Crippen molar-refractivity contribution in [1.29, 1.82) is 0 Å². The lowest BCUT2D eigenvalue weighted by Crippen LogP contribution is -2.55. The van der Waals surface area contributed by atoms with Gasteiger partial charge in [0.25, 0.3) is 0 Å². The summed E-state index contributed by atoms with van der Waals surface area (Å²) in [7, 11) is 0. The van der Waals surface area contributed by atoms with Gasteiger partial charge in [0.05, 0.1) is 5.92 Å². The molecule has 3 aromatic rings. The largest absolute Gasteiger partial charge is 0.370 e. The van der Waals surface area contributed by atoms with Crippen molar-refractivity contribution < 1.29 is 13.6 Å². The molecule has 2 N–H and O–H groups in total. The first-order valence-electron chi connectivity index (χ1n) is 13.0. The molecular formula is C30H37F2N3OS. The van der Waals surface area contributed by atoms with E-state index in [2.05, 4.69) is 17.9 Å². The maximum Gasteiger partial charge on any atom is 0.233 e. The summed E-state index contributed by atoms with van der Waals surface area (Å²) >= 11 is 1.21. The summed E-state index contributed by atoms with van der Waals surface area (Å²) in [6.45, 7) is 13.4. The van der Waals surface area contributed by atoms with Crippen molar-refractivity contribution in [2.24, 2.45) is 11.1 Å². The fourth-order valence-electron chi connectivity index (χ4n) is 4.85. The maximum absolute atomic E-state index is 14.1. The van der Waals surface area contributed by atoms with Crippen LogP contribution in [0.25, 0.3) is 11.1 Å². The molecule has 2 aliphatic heterocycles. The van der Waals surface area contributed by atoms with Crippen LogP contribution in [0.1, 0.15) is 45.7 Å². The summed E-state index contributed by atoms with van der Waals surface area (Å²) in [5, 5.41) is 5.81. The monoisotopic (exact) mass is 525 g/mol. The quantitative estimate of drug-likeness (QED) is 0.361. The van der Waals surface area contributed by atoms with Gasteiger partial charge in [0.15, 0.2) is 0 Å². The second-order valence-electron chi connectivity index (χ2n) is 8.90. The van der Waals surface area contributed by atoms with E-state index >= 15 is 0 Å². The highest BCUT2D eigenvalue weighted by Crippen LogP contribution is 2.39. The van der Waals surface area contributed by atoms with E-state index in [0.717, 1.165) is 40.4 Å². The molecule has 3 aromatic carbocycles. The molecule has 0 aromatic heterocycles. The van der Waals surface area contributed by atoms with Crippen LogP contribution in [-0.4, -0.2) is 25.0 Å². The lowest BCUT2D eigenvalue weighted by Gasteiger charge is -2.42. The Morgan fingerprint density at radius 3 is 2.24 bits per heavy atom. The number of carbonyl (C=O) groups excluding carboxylic acids is 1. The minimum Gasteiger partial charge on any atom is -0.370 e. The molecule has 37 heavy (non-hydrogen) atoms. The van der Waals surface area contributed by atoms with Crippen molar-refractivity contribution in [3.63, 3.8) is 0 Å². The van der Waals surface area contributed by atoms with E-state index in [1.807, 2.05) is 57.7 Å². The highest BCUT2D eigenvalue weighted by atomic mass is 32.2. The van der Waals surface area contributed by atoms with Crippen molar-refractivity contribution in [2.75, 3.05) is 22.9 Å². The van der Waals surface area contributed by atoms with Gasteiger partial charge in [0.1, 0.15) is 11.6 Å². The van der Waals surface area contributed by atoms with Crippen LogP contribution in [0.5, 0.6) is 0 Å². The number of benzene rings is 3. The van der Waals surface area contributed by atoms with Crippen LogP contribution < -0.4 is 14.9 Å². The molecule has 1 atom stereocenters. The molecule has 2 heterocycles. The molecule has 1 amide bonds. The Balaban J connectivity index is 0.000000907. The fraction of sp³-hybridized carbons (Fsp3) is 0.367. The number of halogens is 2. The Bertz CT molecular complexity index is 1230. The molecule has 0 bridgehead atoms. The van der Waals surface area contributed by atoms with E-state index in [1.165, 1.54) is 23.6 Å². The van der Waals surface area contributed by atoms with E-state index in [4.69, 9.17) is 5.14 Å². The Morgan fingerprint density at radius 1 is 0.973 bits per heavy atom. The zero-order chi connectivity index (χ0) is 27.3. The van der Waals surface area contributed by atoms with Gasteiger partial charge in [-0.25, -0.2) is 8.78 Å². The predicted octanol–water partition coefficient (Wildman–Crippen LogP) is 7.37. The number of hydrogen-bond acceptors (Lipinski definition) is 4. The van der Waals surface area contributed by atoms with Gasteiger partial charge in [-0.3, -0.25) is 9.93 Å². The molecule has 198 valence electrons. The summed E-state index contributed by atoms with van der Waals surface area (Å²) in [6, 6.07) is 15.1. The molecule has 5 rings (SSSR count). The molecular weight excluding hydrogens is 488 g/mol. The summed E-state index contributed by atoms with van der Waals surface area (Å²) in [6.07, 6.45) is 0.853. The number of rotatable bonds is 4. The van der Waals surface area contributed by atoms with Crippen LogP contribution in [0.3, 0.4) is 0 Å². The fourth-order valence-corrected chi connectivity index (χ4v) is 5.27. The zero-order valence-electron chi connectivity index (χ0n) is 22.5. The molecule has 0 saturated carbocycles. The number of anilines is 2. The standard InChI is InChI=1S/C26H25F2N3OS.2C2H6/c1-15-9-18-10-16(2)31(24(18)12-25(15)33-29)26(32)19-13-30(14-19)21-6-3-17(4-7-21)22-11-20(27)5-8-23(22)28;2*1-2/h3-9,11-12,16,19H,10,13-14,29H2,1-2H3;2*1-2H3. The molecule has 1 saturated heterocycles. The summed E-state index contributed by atoms with van der Waals surface area (Å²) < 4.78 is 27.6. The minimum absolute atomic E-state index is 0.0750. The molecule has 1 fully saturated rings. The number of amides is 1. The Hall–Kier alpha value is -2.90. The van der Waals surface area contributed by atoms with E-state index in [0.29, 0.717) is 18.7 Å². The molecule has 7 heteroatoms. The zero-order valence-corrected chi connectivity index (χ0v) is 23.3. The number of carbonyl (C=O) groups is 1. The van der Waals surface area contributed by atoms with Gasteiger partial charge < -0.3 is 9.80 Å². The first kappa shape index (κ1) is 28.7. The summed E-state index contributed by atoms with van der Waals surface area (Å²) in [4.78, 5) is 18.4. The molecule has 0 radical (unpaired) electrons. The van der Waals surface area contributed by atoms with Crippen LogP contribution >= 0.6 is 11.9 Å². The van der Waals surface area contributed by atoms with Gasteiger partial charge >= 0.3 is 0 Å². The van der Waals surface area contributed by atoms with Crippen LogP contribution in [0.2, 0.25) is 0 Å². The van der Waals surface area contributed by atoms with Gasteiger partial charge in [-0.05, 0) is 85.3 Å². The lowest BCUT2D eigenvalue weighted by atomic mass is 9.96. The average Bonchev–Trinajstić information content (AvgIpc) is 3.21. The number of fused-ring (bicyclic) bond motifs is 1. The van der Waals surface area contributed by atoms with Gasteiger partial charge in [-0.2, -0.15) is 0 Å². The molecule has 1 unspecified atom stereocenters. The van der Waals surface area contributed by atoms with Crippen LogP contribution in [0.15, 0.2) is 59.5 Å². The van der Waals surface area contributed by atoms with Crippen molar-refractivity contribution >= 4 is 29.2 Å². The minimum atomic E-state index is -0.468. The third-order valence-corrected chi connectivity index (χ3v) is 7.35. The summed E-state index contributed by atoms with van der Waals surface area (Å²) in [5.74, 6) is -0.850. The number of hydrogen-bond donors (Lipinski definition) is 1. The molecule has 0 spiro atoms. The number of nitrogens with two attached hydrogens (primary N) is 1. The van der Waals surface area contributed by atoms with E-state index < -0.39 is 11.6 Å². The highest BCUT2D eigenvalue weighted by molar-refractivity contribution is 7.97. The average molecular weight is 526 g/mol. The first-order valence-corrected chi connectivity index (χ1v) is 13.9. The Kier molecular flexibility index (Phi) is 9.74. The van der Waals surface area contributed by atoms with Gasteiger partial charge in [0.2, 0.25) is 5.91 Å². The van der Waals surface area contributed by atoms with Crippen molar-refractivity contribution in [2.45, 2.75) is 58.9 Å². The number of aryl methyl sites for hydroxylation is 1. The van der Waals surface area contributed by atoms with Gasteiger partial charge in [0, 0.05) is 41.0 Å². The Morgan fingerprint density at radius 2 is 1.62 bits per heavy atom. The molecule has 4 nitrogen and oxygen atoms in total. The maximum atomic E-state index is 14.1. The normalized spacial score (nSPS) is 16.2. The topological polar surface area (TPSA) is 49.6 Å². The Labute approximate surface area is 224 Å². The van der Waals surface area contributed by atoms with Crippen molar-refractivity contribution in [1.82, 2.24) is 0 Å². The van der Waals surface area contributed by atoms with Crippen molar-refractivity contribution in [3.05, 3.63) is 77.4 Å². The van der Waals surface area contributed by atoms with E-state index in [-0.39, 0.29) is 23.4 Å². The molecule has 2 aliphatic rings.